The quantitative estimate of drug-likeness (QED) is 0.0978. The summed E-state index contributed by atoms with van der Waals surface area (Å²) < 4.78 is 13.8. The van der Waals surface area contributed by atoms with E-state index in [0.29, 0.717) is 32.5 Å². The molecule has 0 amide bonds. The number of imidazole rings is 1. The van der Waals surface area contributed by atoms with E-state index in [1.54, 1.807) is 0 Å². The van der Waals surface area contributed by atoms with Crippen molar-refractivity contribution in [3.05, 3.63) is 154 Å². The van der Waals surface area contributed by atoms with Gasteiger partial charge >= 0.3 is 5.97 Å². The van der Waals surface area contributed by atoms with Crippen molar-refractivity contribution in [2.75, 3.05) is 13.2 Å². The Hall–Kier alpha value is -4.64. The molecule has 1 heterocycles. The molecule has 0 aliphatic rings. The van der Waals surface area contributed by atoms with Crippen molar-refractivity contribution in [2.45, 2.75) is 72.8 Å². The second-order valence-electron chi connectivity index (χ2n) is 11.0. The van der Waals surface area contributed by atoms with Gasteiger partial charge in [0, 0.05) is 18.5 Å². The molecule has 0 aliphatic carbocycles. The summed E-state index contributed by atoms with van der Waals surface area (Å²) in [7, 11) is 0. The molecule has 0 spiro atoms. The van der Waals surface area contributed by atoms with Gasteiger partial charge in [0.05, 0.1) is 18.9 Å². The molecule has 0 fully saturated rings. The fourth-order valence-corrected chi connectivity index (χ4v) is 6.35. The number of hydrogen-bond acceptors (Lipinski definition) is 4. The van der Waals surface area contributed by atoms with Gasteiger partial charge in [-0.1, -0.05) is 118 Å². The van der Waals surface area contributed by atoms with E-state index in [9.17, 15) is 4.79 Å². The van der Waals surface area contributed by atoms with Gasteiger partial charge in [0.15, 0.2) is 0 Å². The zero-order valence-electron chi connectivity index (χ0n) is 28.3. The van der Waals surface area contributed by atoms with Gasteiger partial charge in [-0.05, 0) is 73.6 Å². The molecule has 5 heteroatoms. The number of aromatic nitrogens is 2. The third-order valence-electron chi connectivity index (χ3n) is 8.35. The van der Waals surface area contributed by atoms with Gasteiger partial charge in [0.2, 0.25) is 0 Å². The molecule has 0 unspecified atom stereocenters. The Bertz CT molecular complexity index is 1560. The lowest BCUT2D eigenvalue weighted by molar-refractivity contribution is -0.143. The number of benzene rings is 4. The van der Waals surface area contributed by atoms with Gasteiger partial charge in [0.1, 0.15) is 17.1 Å². The third-order valence-corrected chi connectivity index (χ3v) is 8.35. The molecule has 46 heavy (non-hydrogen) atoms. The van der Waals surface area contributed by atoms with E-state index in [1.807, 2.05) is 26.8 Å². The summed E-state index contributed by atoms with van der Waals surface area (Å²) in [4.78, 5) is 17.0. The molecule has 5 nitrogen and oxygen atoms in total. The first kappa shape index (κ1) is 34.2. The summed E-state index contributed by atoms with van der Waals surface area (Å²) in [6.07, 6.45) is 2.61. The maximum absolute atomic E-state index is 11.9. The van der Waals surface area contributed by atoms with Gasteiger partial charge in [0.25, 0.3) is 0 Å². The molecule has 5 aromatic rings. The number of nitrogens with zero attached hydrogens (tertiary/aromatic N) is 2. The highest BCUT2D eigenvalue weighted by molar-refractivity contribution is 5.69. The minimum Gasteiger partial charge on any atom is -0.493 e. The summed E-state index contributed by atoms with van der Waals surface area (Å²) in [6, 6.07) is 38.3. The molecule has 5 rings (SSSR count). The topological polar surface area (TPSA) is 53.4 Å². The first-order chi connectivity index (χ1) is 22.5. The number of carbonyl (C=O) groups excluding carboxylic acids is 1. The van der Waals surface area contributed by atoms with Crippen molar-refractivity contribution in [3.63, 3.8) is 0 Å². The summed E-state index contributed by atoms with van der Waals surface area (Å²) in [5.74, 6) is 1.63. The smallest absolute Gasteiger partial charge is 0.306 e. The van der Waals surface area contributed by atoms with Crippen LogP contribution in [0.15, 0.2) is 109 Å². The van der Waals surface area contributed by atoms with E-state index in [2.05, 4.69) is 128 Å². The van der Waals surface area contributed by atoms with Crippen molar-refractivity contribution >= 4 is 5.97 Å². The summed E-state index contributed by atoms with van der Waals surface area (Å²) in [6.45, 7) is 13.2. The van der Waals surface area contributed by atoms with Gasteiger partial charge < -0.3 is 14.0 Å². The molecular weight excluding hydrogens is 568 g/mol. The molecule has 0 atom stereocenters. The van der Waals surface area contributed by atoms with Crippen LogP contribution in [0.2, 0.25) is 0 Å². The van der Waals surface area contributed by atoms with Crippen molar-refractivity contribution in [1.82, 2.24) is 9.55 Å². The van der Waals surface area contributed by atoms with Crippen molar-refractivity contribution in [1.29, 1.82) is 0 Å². The van der Waals surface area contributed by atoms with Gasteiger partial charge in [-0.2, -0.15) is 0 Å². The van der Waals surface area contributed by atoms with Crippen LogP contribution in [-0.2, 0) is 34.3 Å². The lowest BCUT2D eigenvalue weighted by Gasteiger charge is -2.39. The van der Waals surface area contributed by atoms with E-state index < -0.39 is 5.54 Å². The number of aryl methyl sites for hydroxylation is 3. The average Bonchev–Trinajstić information content (AvgIpc) is 3.39. The van der Waals surface area contributed by atoms with Crippen LogP contribution in [0, 0.1) is 13.8 Å². The number of hydrogen-bond donors (Lipinski definition) is 0. The normalized spacial score (nSPS) is 11.0. The van der Waals surface area contributed by atoms with Crippen molar-refractivity contribution < 1.29 is 14.3 Å². The van der Waals surface area contributed by atoms with E-state index in [0.717, 1.165) is 34.9 Å². The van der Waals surface area contributed by atoms with Gasteiger partial charge in [-0.25, -0.2) is 4.98 Å². The minimum atomic E-state index is -0.598. The highest BCUT2D eigenvalue weighted by Gasteiger charge is 2.40. The van der Waals surface area contributed by atoms with Crippen molar-refractivity contribution in [2.24, 2.45) is 0 Å². The molecule has 0 bridgehead atoms. The lowest BCUT2D eigenvalue weighted by Crippen LogP contribution is -2.39. The zero-order valence-corrected chi connectivity index (χ0v) is 28.3. The van der Waals surface area contributed by atoms with Crippen LogP contribution in [0.3, 0.4) is 0 Å². The summed E-state index contributed by atoms with van der Waals surface area (Å²) in [5.41, 5.74) is 7.44. The van der Waals surface area contributed by atoms with Gasteiger partial charge in [-0.15, -0.1) is 0 Å². The van der Waals surface area contributed by atoms with Gasteiger partial charge in [-0.3, -0.25) is 4.79 Å². The molecule has 1 aromatic heterocycles. The van der Waals surface area contributed by atoms with Crippen LogP contribution in [0.25, 0.3) is 0 Å². The Labute approximate surface area is 275 Å². The molecule has 0 saturated carbocycles. The first-order valence-electron chi connectivity index (χ1n) is 16.6. The molecular formula is C41H48N2O3. The van der Waals surface area contributed by atoms with Crippen LogP contribution < -0.4 is 4.74 Å². The average molecular weight is 617 g/mol. The number of ether oxygens (including phenoxy) is 2. The highest BCUT2D eigenvalue weighted by Crippen LogP contribution is 2.43. The van der Waals surface area contributed by atoms with Crippen LogP contribution in [0.4, 0.5) is 0 Å². The summed E-state index contributed by atoms with van der Waals surface area (Å²) >= 11 is 0. The Morgan fingerprint density at radius 1 is 0.739 bits per heavy atom. The van der Waals surface area contributed by atoms with E-state index in [1.165, 1.54) is 22.3 Å². The van der Waals surface area contributed by atoms with Crippen molar-refractivity contribution in [3.8, 4) is 5.75 Å². The SMILES string of the molecule is CC.CCOC(=O)CCc1ccc(OCCc2nc(C)n(C(c3ccccc3)(c3ccccc3)c3ccccc3)c2C)cc1CC. The zero-order chi connectivity index (χ0) is 32.9. The first-order valence-corrected chi connectivity index (χ1v) is 16.6. The van der Waals surface area contributed by atoms with E-state index >= 15 is 0 Å². The van der Waals surface area contributed by atoms with Crippen LogP contribution in [-0.4, -0.2) is 28.7 Å². The minimum absolute atomic E-state index is 0.157. The number of carbonyl (C=O) groups is 1. The molecule has 0 N–H and O–H groups in total. The predicted octanol–water partition coefficient (Wildman–Crippen LogP) is 9.05. The van der Waals surface area contributed by atoms with E-state index in [4.69, 9.17) is 14.5 Å². The third kappa shape index (κ3) is 7.42. The Kier molecular flexibility index (Phi) is 12.4. The fourth-order valence-electron chi connectivity index (χ4n) is 6.35. The van der Waals surface area contributed by atoms with E-state index in [-0.39, 0.29) is 5.97 Å². The maximum Gasteiger partial charge on any atom is 0.306 e. The van der Waals surface area contributed by atoms with Crippen LogP contribution in [0.5, 0.6) is 5.75 Å². The highest BCUT2D eigenvalue weighted by atomic mass is 16.5. The standard InChI is InChI=1S/C39H42N2O3.C2H6/c1-5-31-28-36(24-22-32(31)23-25-38(42)43-6-2)44-27-26-37-29(3)41(30(4)40-37)39(33-16-10-7-11-17-33,34-18-12-8-13-19-34)35-20-14-9-15-21-35;1-2/h7-22,24,28H,5-6,23,25-27H2,1-4H3;1-2H3. The fraction of sp³-hybridized carbons (Fsp3) is 0.317. The predicted molar refractivity (Wildman–Crippen MR) is 188 cm³/mol. The molecule has 240 valence electrons. The maximum atomic E-state index is 11.9. The number of rotatable bonds is 13. The second-order valence-corrected chi connectivity index (χ2v) is 11.0. The summed E-state index contributed by atoms with van der Waals surface area (Å²) in [5, 5.41) is 0. The largest absolute Gasteiger partial charge is 0.493 e. The van der Waals surface area contributed by atoms with Crippen LogP contribution >= 0.6 is 0 Å². The molecule has 0 radical (unpaired) electrons. The Morgan fingerprint density at radius 3 is 1.78 bits per heavy atom. The number of esters is 1. The monoisotopic (exact) mass is 616 g/mol. The molecule has 4 aromatic carbocycles. The Balaban J connectivity index is 0.00000235. The molecule has 0 saturated heterocycles. The van der Waals surface area contributed by atoms with Crippen LogP contribution in [0.1, 0.15) is 79.1 Å². The Morgan fingerprint density at radius 2 is 1.28 bits per heavy atom. The lowest BCUT2D eigenvalue weighted by atomic mass is 9.76. The molecule has 0 aliphatic heterocycles. The second kappa shape index (κ2) is 16.6.